The third-order valence-electron chi connectivity index (χ3n) is 2.67. The van der Waals surface area contributed by atoms with Crippen LogP contribution in [0.2, 0.25) is 0 Å². The van der Waals surface area contributed by atoms with E-state index in [-0.39, 0.29) is 0 Å². The van der Waals surface area contributed by atoms with Gasteiger partial charge < -0.3 is 4.74 Å². The second kappa shape index (κ2) is 6.97. The summed E-state index contributed by atoms with van der Waals surface area (Å²) in [7, 11) is 1.73. The lowest BCUT2D eigenvalue weighted by atomic mass is 9.87. The third kappa shape index (κ3) is 4.95. The smallest absolute Gasteiger partial charge is 0.0571 e. The maximum Gasteiger partial charge on any atom is 0.0571 e. The molecule has 0 spiro atoms. The lowest BCUT2D eigenvalue weighted by Crippen LogP contribution is -2.04. The molecule has 13 heavy (non-hydrogen) atoms. The number of methoxy groups -OCH3 is 1. The summed E-state index contributed by atoms with van der Waals surface area (Å²) in [6, 6.07) is 0. The zero-order valence-corrected chi connectivity index (χ0v) is 8.64. The molecule has 1 heteroatoms. The molecule has 0 bridgehead atoms. The summed E-state index contributed by atoms with van der Waals surface area (Å²) < 4.78 is 4.93. The Kier molecular flexibility index (Phi) is 5.69. The molecule has 1 fully saturated rings. The van der Waals surface area contributed by atoms with Crippen molar-refractivity contribution in [1.29, 1.82) is 0 Å². The van der Waals surface area contributed by atoms with Crippen molar-refractivity contribution in [2.75, 3.05) is 13.7 Å². The standard InChI is InChI=1S/C12H20O/c1-13-11-7-3-6-10-12-8-4-2-5-9-12/h12H,2,4-5,7-11H2,1H3. The maximum absolute atomic E-state index is 4.93. The Labute approximate surface area is 81.9 Å². The van der Waals surface area contributed by atoms with Crippen molar-refractivity contribution in [2.24, 2.45) is 5.92 Å². The van der Waals surface area contributed by atoms with Crippen molar-refractivity contribution < 1.29 is 4.74 Å². The van der Waals surface area contributed by atoms with Gasteiger partial charge in [0, 0.05) is 20.0 Å². The third-order valence-corrected chi connectivity index (χ3v) is 2.67. The van der Waals surface area contributed by atoms with E-state index in [0.717, 1.165) is 25.4 Å². The Morgan fingerprint density at radius 2 is 1.92 bits per heavy atom. The van der Waals surface area contributed by atoms with Gasteiger partial charge in [-0.15, -0.1) is 11.8 Å². The van der Waals surface area contributed by atoms with E-state index in [1.165, 1.54) is 32.1 Å². The van der Waals surface area contributed by atoms with Gasteiger partial charge in [-0.3, -0.25) is 0 Å². The molecular formula is C12H20O. The van der Waals surface area contributed by atoms with E-state index in [4.69, 9.17) is 4.74 Å². The van der Waals surface area contributed by atoms with E-state index in [9.17, 15) is 0 Å². The van der Waals surface area contributed by atoms with Crippen LogP contribution in [0, 0.1) is 17.8 Å². The normalized spacial score (nSPS) is 17.9. The van der Waals surface area contributed by atoms with Crippen LogP contribution in [0.4, 0.5) is 0 Å². The molecule has 0 aromatic carbocycles. The monoisotopic (exact) mass is 180 g/mol. The van der Waals surface area contributed by atoms with Gasteiger partial charge in [0.1, 0.15) is 0 Å². The fourth-order valence-corrected chi connectivity index (χ4v) is 1.85. The summed E-state index contributed by atoms with van der Waals surface area (Å²) in [5.74, 6) is 7.31. The molecule has 0 unspecified atom stereocenters. The Morgan fingerprint density at radius 1 is 1.15 bits per heavy atom. The average Bonchev–Trinajstić information content (AvgIpc) is 2.19. The van der Waals surface area contributed by atoms with Crippen molar-refractivity contribution >= 4 is 0 Å². The SMILES string of the molecule is COCCC#CCC1CCCCC1. The molecule has 0 aromatic rings. The number of hydrogen-bond acceptors (Lipinski definition) is 1. The van der Waals surface area contributed by atoms with Gasteiger partial charge in [0.05, 0.1) is 6.61 Å². The van der Waals surface area contributed by atoms with Gasteiger partial charge in [-0.1, -0.05) is 19.3 Å². The molecule has 0 saturated heterocycles. The molecule has 1 saturated carbocycles. The largest absolute Gasteiger partial charge is 0.384 e. The molecule has 1 rings (SSSR count). The van der Waals surface area contributed by atoms with Crippen LogP contribution in [0.25, 0.3) is 0 Å². The molecule has 0 heterocycles. The lowest BCUT2D eigenvalue weighted by Gasteiger charge is -2.18. The fraction of sp³-hybridized carbons (Fsp3) is 0.833. The quantitative estimate of drug-likeness (QED) is 0.479. The summed E-state index contributed by atoms with van der Waals surface area (Å²) in [6.07, 6.45) is 9.09. The molecule has 0 aromatic heterocycles. The molecule has 0 atom stereocenters. The zero-order chi connectivity index (χ0) is 9.36. The first kappa shape index (κ1) is 10.6. The zero-order valence-electron chi connectivity index (χ0n) is 8.64. The van der Waals surface area contributed by atoms with Gasteiger partial charge in [-0.25, -0.2) is 0 Å². The van der Waals surface area contributed by atoms with E-state index in [2.05, 4.69) is 11.8 Å². The fourth-order valence-electron chi connectivity index (χ4n) is 1.85. The minimum atomic E-state index is 0.775. The average molecular weight is 180 g/mol. The van der Waals surface area contributed by atoms with Crippen LogP contribution in [0.1, 0.15) is 44.9 Å². The summed E-state index contributed by atoms with van der Waals surface area (Å²) in [5.41, 5.74) is 0. The summed E-state index contributed by atoms with van der Waals surface area (Å²) >= 11 is 0. The summed E-state index contributed by atoms with van der Waals surface area (Å²) in [4.78, 5) is 0. The second-order valence-electron chi connectivity index (χ2n) is 3.80. The topological polar surface area (TPSA) is 9.23 Å². The van der Waals surface area contributed by atoms with Gasteiger partial charge >= 0.3 is 0 Å². The van der Waals surface area contributed by atoms with Gasteiger partial charge in [-0.05, 0) is 18.8 Å². The van der Waals surface area contributed by atoms with E-state index in [1.807, 2.05) is 0 Å². The first-order valence-corrected chi connectivity index (χ1v) is 5.38. The minimum Gasteiger partial charge on any atom is -0.384 e. The molecule has 1 aliphatic rings. The highest BCUT2D eigenvalue weighted by Crippen LogP contribution is 2.25. The van der Waals surface area contributed by atoms with Crippen LogP contribution >= 0.6 is 0 Å². The molecular weight excluding hydrogens is 160 g/mol. The molecule has 0 N–H and O–H groups in total. The molecule has 0 amide bonds. The number of rotatable bonds is 3. The van der Waals surface area contributed by atoms with Crippen LogP contribution < -0.4 is 0 Å². The predicted molar refractivity (Wildman–Crippen MR) is 55.5 cm³/mol. The van der Waals surface area contributed by atoms with Crippen molar-refractivity contribution in [1.82, 2.24) is 0 Å². The highest BCUT2D eigenvalue weighted by atomic mass is 16.5. The van der Waals surface area contributed by atoms with Crippen molar-refractivity contribution in [2.45, 2.75) is 44.9 Å². The number of hydrogen-bond donors (Lipinski definition) is 0. The van der Waals surface area contributed by atoms with E-state index >= 15 is 0 Å². The van der Waals surface area contributed by atoms with Gasteiger partial charge in [0.15, 0.2) is 0 Å². The van der Waals surface area contributed by atoms with Crippen LogP contribution in [-0.2, 0) is 4.74 Å². The van der Waals surface area contributed by atoms with Gasteiger partial charge in [0.2, 0.25) is 0 Å². The predicted octanol–water partition coefficient (Wildman–Crippen LogP) is 3.00. The first-order chi connectivity index (χ1) is 6.43. The van der Waals surface area contributed by atoms with E-state index in [0.29, 0.717) is 0 Å². The Balaban J connectivity index is 2.04. The Hall–Kier alpha value is -0.480. The van der Waals surface area contributed by atoms with Crippen molar-refractivity contribution in [3.8, 4) is 11.8 Å². The highest BCUT2D eigenvalue weighted by molar-refractivity contribution is 5.00. The Morgan fingerprint density at radius 3 is 2.62 bits per heavy atom. The highest BCUT2D eigenvalue weighted by Gasteiger charge is 2.11. The van der Waals surface area contributed by atoms with Crippen LogP contribution in [0.5, 0.6) is 0 Å². The molecule has 74 valence electrons. The lowest BCUT2D eigenvalue weighted by molar-refractivity contribution is 0.206. The van der Waals surface area contributed by atoms with Crippen molar-refractivity contribution in [3.63, 3.8) is 0 Å². The Bertz CT molecular complexity index is 169. The minimum absolute atomic E-state index is 0.775. The van der Waals surface area contributed by atoms with Crippen LogP contribution in [0.15, 0.2) is 0 Å². The van der Waals surface area contributed by atoms with E-state index < -0.39 is 0 Å². The maximum atomic E-state index is 4.93. The summed E-state index contributed by atoms with van der Waals surface area (Å²) in [6.45, 7) is 0.775. The van der Waals surface area contributed by atoms with Gasteiger partial charge in [-0.2, -0.15) is 0 Å². The van der Waals surface area contributed by atoms with Crippen molar-refractivity contribution in [3.05, 3.63) is 0 Å². The first-order valence-electron chi connectivity index (χ1n) is 5.38. The van der Waals surface area contributed by atoms with Crippen LogP contribution in [-0.4, -0.2) is 13.7 Å². The molecule has 1 nitrogen and oxygen atoms in total. The van der Waals surface area contributed by atoms with Gasteiger partial charge in [0.25, 0.3) is 0 Å². The van der Waals surface area contributed by atoms with Crippen LogP contribution in [0.3, 0.4) is 0 Å². The summed E-state index contributed by atoms with van der Waals surface area (Å²) in [5, 5.41) is 0. The molecule has 0 radical (unpaired) electrons. The van der Waals surface area contributed by atoms with E-state index in [1.54, 1.807) is 7.11 Å². The molecule has 1 aliphatic carbocycles. The second-order valence-corrected chi connectivity index (χ2v) is 3.80. The number of ether oxygens (including phenoxy) is 1. The molecule has 0 aliphatic heterocycles.